The Morgan fingerprint density at radius 3 is 2.67 bits per heavy atom. The van der Waals surface area contributed by atoms with Gasteiger partial charge in [0.25, 0.3) is 0 Å². The van der Waals surface area contributed by atoms with Crippen LogP contribution in [-0.2, 0) is 21.2 Å². The Morgan fingerprint density at radius 1 is 1.38 bits per heavy atom. The molecular weight excluding hydrogens is 359 g/mol. The Labute approximate surface area is 134 Å². The van der Waals surface area contributed by atoms with Gasteiger partial charge < -0.3 is 4.74 Å². The van der Waals surface area contributed by atoms with Gasteiger partial charge in [-0.3, -0.25) is 0 Å². The molecule has 1 heterocycles. The number of rotatable bonds is 4. The number of hydrogen-bond acceptors (Lipinski definition) is 7. The van der Waals surface area contributed by atoms with Gasteiger partial charge in [-0.05, 0) is 18.2 Å². The number of ether oxygens (including phenoxy) is 1. The van der Waals surface area contributed by atoms with Crippen LogP contribution in [0.3, 0.4) is 0 Å². The highest BCUT2D eigenvalue weighted by Gasteiger charge is 2.17. The van der Waals surface area contributed by atoms with Crippen LogP contribution in [0.4, 0.5) is 0 Å². The van der Waals surface area contributed by atoms with Gasteiger partial charge in [0.15, 0.2) is 9.84 Å². The number of hydrogen-bond donors (Lipinski definition) is 0. The highest BCUT2D eigenvalue weighted by atomic mass is 35.5. The van der Waals surface area contributed by atoms with Gasteiger partial charge >= 0.3 is 5.97 Å². The summed E-state index contributed by atoms with van der Waals surface area (Å²) in [6.45, 7) is -0.173. The third kappa shape index (κ3) is 3.91. The first-order valence-corrected chi connectivity index (χ1v) is 8.84. The van der Waals surface area contributed by atoms with Crippen molar-refractivity contribution < 1.29 is 17.9 Å². The molecule has 1 aromatic heterocycles. The molecule has 0 aliphatic rings. The van der Waals surface area contributed by atoms with E-state index in [1.54, 1.807) is 0 Å². The standard InChI is InChI=1S/C11H8Cl2N2O4S2/c1-21(17,18)6-2-3-8(12)7(4-6)11(16)19-5-9-10(13)20-15-14-9/h2-4H,5H2,1H3. The van der Waals surface area contributed by atoms with Crippen molar-refractivity contribution >= 4 is 50.5 Å². The fourth-order valence-corrected chi connectivity index (χ4v) is 2.83. The molecule has 0 amide bonds. The van der Waals surface area contributed by atoms with Gasteiger partial charge in [-0.15, -0.1) is 5.10 Å². The van der Waals surface area contributed by atoms with E-state index in [2.05, 4.69) is 9.59 Å². The van der Waals surface area contributed by atoms with E-state index in [0.717, 1.165) is 17.8 Å². The van der Waals surface area contributed by atoms with Crippen molar-refractivity contribution in [2.45, 2.75) is 11.5 Å². The van der Waals surface area contributed by atoms with Crippen LogP contribution in [0.15, 0.2) is 23.1 Å². The van der Waals surface area contributed by atoms with Crippen LogP contribution in [0, 0.1) is 0 Å². The van der Waals surface area contributed by atoms with E-state index in [-0.39, 0.29) is 22.1 Å². The second-order valence-electron chi connectivity index (χ2n) is 3.98. The first-order chi connectivity index (χ1) is 9.79. The van der Waals surface area contributed by atoms with Gasteiger partial charge in [0.1, 0.15) is 16.6 Å². The van der Waals surface area contributed by atoms with E-state index < -0.39 is 15.8 Å². The predicted octanol–water partition coefficient (Wildman–Crippen LogP) is 2.61. The van der Waals surface area contributed by atoms with Crippen LogP contribution in [0.25, 0.3) is 0 Å². The summed E-state index contributed by atoms with van der Waals surface area (Å²) in [6.07, 6.45) is 1.03. The monoisotopic (exact) mass is 366 g/mol. The molecule has 0 bridgehead atoms. The molecule has 0 aliphatic carbocycles. The van der Waals surface area contributed by atoms with Crippen molar-refractivity contribution in [1.29, 1.82) is 0 Å². The molecule has 0 saturated heterocycles. The molecule has 0 radical (unpaired) electrons. The SMILES string of the molecule is CS(=O)(=O)c1ccc(Cl)c(C(=O)OCc2nnsc2Cl)c1. The normalized spacial score (nSPS) is 11.4. The highest BCUT2D eigenvalue weighted by Crippen LogP contribution is 2.23. The zero-order valence-corrected chi connectivity index (χ0v) is 13.7. The maximum Gasteiger partial charge on any atom is 0.340 e. The number of sulfone groups is 1. The minimum Gasteiger partial charge on any atom is -0.455 e. The van der Waals surface area contributed by atoms with E-state index in [1.807, 2.05) is 0 Å². The number of carbonyl (C=O) groups excluding carboxylic acids is 1. The summed E-state index contributed by atoms with van der Waals surface area (Å²) in [6, 6.07) is 3.81. The smallest absolute Gasteiger partial charge is 0.340 e. The largest absolute Gasteiger partial charge is 0.455 e. The number of aromatic nitrogens is 2. The van der Waals surface area contributed by atoms with Crippen molar-refractivity contribution in [3.63, 3.8) is 0 Å². The van der Waals surface area contributed by atoms with Gasteiger partial charge in [0.05, 0.1) is 15.5 Å². The van der Waals surface area contributed by atoms with Crippen LogP contribution < -0.4 is 0 Å². The number of esters is 1. The average molecular weight is 367 g/mol. The molecule has 2 aromatic rings. The lowest BCUT2D eigenvalue weighted by molar-refractivity contribution is 0.0468. The topological polar surface area (TPSA) is 86.2 Å². The Balaban J connectivity index is 2.21. The van der Waals surface area contributed by atoms with E-state index >= 15 is 0 Å². The Hall–Kier alpha value is -1.22. The van der Waals surface area contributed by atoms with Gasteiger partial charge in [0.2, 0.25) is 0 Å². The fraction of sp³-hybridized carbons (Fsp3) is 0.182. The van der Waals surface area contributed by atoms with E-state index in [9.17, 15) is 13.2 Å². The molecule has 1 aromatic carbocycles. The number of nitrogens with zero attached hydrogens (tertiary/aromatic N) is 2. The molecule has 0 atom stereocenters. The van der Waals surface area contributed by atoms with Crippen LogP contribution >= 0.6 is 34.7 Å². The molecule has 2 rings (SSSR count). The summed E-state index contributed by atoms with van der Waals surface area (Å²) in [5.74, 6) is -0.769. The minimum absolute atomic E-state index is 0.0211. The fourth-order valence-electron chi connectivity index (χ4n) is 1.39. The van der Waals surface area contributed by atoms with E-state index in [4.69, 9.17) is 27.9 Å². The summed E-state index contributed by atoms with van der Waals surface area (Å²) in [5.41, 5.74) is 0.282. The molecule has 0 spiro atoms. The number of benzene rings is 1. The van der Waals surface area contributed by atoms with Crippen molar-refractivity contribution in [2.75, 3.05) is 6.26 Å². The summed E-state index contributed by atoms with van der Waals surface area (Å²) < 4.78 is 31.9. The summed E-state index contributed by atoms with van der Waals surface area (Å²) in [7, 11) is -3.45. The molecule has 0 fully saturated rings. The molecule has 0 aliphatic heterocycles. The summed E-state index contributed by atoms with van der Waals surface area (Å²) >= 11 is 12.6. The quantitative estimate of drug-likeness (QED) is 0.772. The lowest BCUT2D eigenvalue weighted by Crippen LogP contribution is -2.08. The lowest BCUT2D eigenvalue weighted by Gasteiger charge is -2.06. The Morgan fingerprint density at radius 2 is 2.10 bits per heavy atom. The summed E-state index contributed by atoms with van der Waals surface area (Å²) in [5, 5.41) is 3.78. The molecule has 10 heteroatoms. The molecule has 21 heavy (non-hydrogen) atoms. The van der Waals surface area contributed by atoms with Crippen LogP contribution in [0.2, 0.25) is 9.36 Å². The average Bonchev–Trinajstić information content (AvgIpc) is 2.80. The Bertz CT molecular complexity index is 789. The zero-order chi connectivity index (χ0) is 15.6. The second-order valence-corrected chi connectivity index (χ2v) is 7.76. The third-order valence-electron chi connectivity index (χ3n) is 2.44. The zero-order valence-electron chi connectivity index (χ0n) is 10.5. The molecule has 0 N–H and O–H groups in total. The van der Waals surface area contributed by atoms with E-state index in [0.29, 0.717) is 10.0 Å². The van der Waals surface area contributed by atoms with Gasteiger partial charge in [-0.1, -0.05) is 27.7 Å². The van der Waals surface area contributed by atoms with Crippen molar-refractivity contribution in [1.82, 2.24) is 9.59 Å². The van der Waals surface area contributed by atoms with Crippen LogP contribution in [0.1, 0.15) is 16.1 Å². The predicted molar refractivity (Wildman–Crippen MR) is 78.6 cm³/mol. The minimum atomic E-state index is -3.45. The van der Waals surface area contributed by atoms with E-state index in [1.165, 1.54) is 18.2 Å². The first kappa shape index (κ1) is 16.2. The van der Waals surface area contributed by atoms with Crippen LogP contribution in [-0.4, -0.2) is 30.2 Å². The number of halogens is 2. The molecule has 0 unspecified atom stereocenters. The number of carbonyl (C=O) groups is 1. The highest BCUT2D eigenvalue weighted by molar-refractivity contribution is 7.90. The van der Waals surface area contributed by atoms with Gasteiger partial charge in [-0.2, -0.15) is 0 Å². The molecule has 6 nitrogen and oxygen atoms in total. The molecular formula is C11H8Cl2N2O4S2. The van der Waals surface area contributed by atoms with Crippen molar-refractivity contribution in [3.05, 3.63) is 38.8 Å². The second kappa shape index (κ2) is 6.27. The summed E-state index contributed by atoms with van der Waals surface area (Å²) in [4.78, 5) is 11.9. The van der Waals surface area contributed by atoms with Gasteiger partial charge in [-0.25, -0.2) is 13.2 Å². The van der Waals surface area contributed by atoms with Crippen molar-refractivity contribution in [3.8, 4) is 0 Å². The lowest BCUT2D eigenvalue weighted by atomic mass is 10.2. The molecule has 0 saturated carbocycles. The molecule has 112 valence electrons. The maximum absolute atomic E-state index is 12.0. The Kier molecular flexibility index (Phi) is 4.82. The van der Waals surface area contributed by atoms with Gasteiger partial charge in [0, 0.05) is 17.8 Å². The first-order valence-electron chi connectivity index (χ1n) is 5.42. The third-order valence-corrected chi connectivity index (χ3v) is 4.86. The van der Waals surface area contributed by atoms with Crippen molar-refractivity contribution in [2.24, 2.45) is 0 Å². The maximum atomic E-state index is 12.0. The van der Waals surface area contributed by atoms with Crippen LogP contribution in [0.5, 0.6) is 0 Å².